The summed E-state index contributed by atoms with van der Waals surface area (Å²) in [5.74, 6) is 0.519. The van der Waals surface area contributed by atoms with E-state index in [9.17, 15) is 4.79 Å². The van der Waals surface area contributed by atoms with E-state index in [0.717, 1.165) is 38.4 Å². The van der Waals surface area contributed by atoms with Gasteiger partial charge in [0.15, 0.2) is 0 Å². The maximum Gasteiger partial charge on any atom is 0.344 e. The lowest BCUT2D eigenvalue weighted by molar-refractivity contribution is 0.0526. The van der Waals surface area contributed by atoms with Gasteiger partial charge in [-0.15, -0.1) is 0 Å². The highest BCUT2D eigenvalue weighted by Crippen LogP contribution is 2.28. The largest absolute Gasteiger partial charge is 0.462 e. The first-order chi connectivity index (χ1) is 9.54. The van der Waals surface area contributed by atoms with Gasteiger partial charge >= 0.3 is 5.97 Å². The van der Waals surface area contributed by atoms with E-state index in [0.29, 0.717) is 16.8 Å². The number of carbonyl (C=O) groups is 1. The molecule has 7 heteroatoms. The highest BCUT2D eigenvalue weighted by molar-refractivity contribution is 9.10. The van der Waals surface area contributed by atoms with E-state index in [1.807, 2.05) is 14.0 Å². The lowest BCUT2D eigenvalue weighted by Crippen LogP contribution is -2.31. The molecule has 0 aromatic carbocycles. The predicted molar refractivity (Wildman–Crippen MR) is 81.2 cm³/mol. The molecule has 1 fully saturated rings. The third kappa shape index (κ3) is 3.15. The Labute approximate surface area is 127 Å². The third-order valence-electron chi connectivity index (χ3n) is 3.47. The zero-order valence-electron chi connectivity index (χ0n) is 12.2. The number of hydrogen-bond acceptors (Lipinski definition) is 5. The Bertz CT molecular complexity index is 489. The van der Waals surface area contributed by atoms with Crippen molar-refractivity contribution in [3.63, 3.8) is 0 Å². The van der Waals surface area contributed by atoms with Crippen LogP contribution in [0.2, 0.25) is 0 Å². The van der Waals surface area contributed by atoms with E-state index in [2.05, 4.69) is 37.9 Å². The van der Waals surface area contributed by atoms with Crippen molar-refractivity contribution in [1.82, 2.24) is 14.7 Å². The van der Waals surface area contributed by atoms with Crippen LogP contribution >= 0.6 is 15.9 Å². The Morgan fingerprint density at radius 2 is 2.05 bits per heavy atom. The van der Waals surface area contributed by atoms with Crippen molar-refractivity contribution in [2.24, 2.45) is 7.05 Å². The Balaban J connectivity index is 2.32. The number of ether oxygens (including phenoxy) is 1. The molecule has 0 aliphatic carbocycles. The second-order valence-corrected chi connectivity index (χ2v) is 5.73. The molecule has 0 bridgehead atoms. The molecule has 20 heavy (non-hydrogen) atoms. The summed E-state index contributed by atoms with van der Waals surface area (Å²) in [7, 11) is 3.98. The number of hydrogen-bond donors (Lipinski definition) is 0. The van der Waals surface area contributed by atoms with Crippen molar-refractivity contribution in [1.29, 1.82) is 0 Å². The number of likely N-dealkylation sites (N-methyl/N-ethyl adjacent to an activating group) is 1. The van der Waals surface area contributed by atoms with Crippen LogP contribution in [-0.2, 0) is 11.8 Å². The summed E-state index contributed by atoms with van der Waals surface area (Å²) in [5.41, 5.74) is 0.527. The number of aryl methyl sites for hydroxylation is 1. The third-order valence-corrected chi connectivity index (χ3v) is 4.03. The first-order valence-electron chi connectivity index (χ1n) is 6.87. The maximum atomic E-state index is 12.1. The van der Waals surface area contributed by atoms with Crippen molar-refractivity contribution in [3.05, 3.63) is 10.2 Å². The van der Waals surface area contributed by atoms with Crippen molar-refractivity contribution < 1.29 is 9.53 Å². The number of aromatic nitrogens is 2. The fourth-order valence-electron chi connectivity index (χ4n) is 2.48. The molecule has 112 valence electrons. The highest BCUT2D eigenvalue weighted by atomic mass is 79.9. The second kappa shape index (κ2) is 6.58. The van der Waals surface area contributed by atoms with Crippen LogP contribution in [-0.4, -0.2) is 60.5 Å². The minimum atomic E-state index is -0.319. The predicted octanol–water partition coefficient (Wildman–Crippen LogP) is 1.50. The Kier molecular flexibility index (Phi) is 5.04. The molecule has 6 nitrogen and oxygen atoms in total. The van der Waals surface area contributed by atoms with Crippen LogP contribution in [0.1, 0.15) is 23.7 Å². The van der Waals surface area contributed by atoms with E-state index in [-0.39, 0.29) is 5.97 Å². The van der Waals surface area contributed by atoms with Gasteiger partial charge in [0, 0.05) is 26.7 Å². The minimum absolute atomic E-state index is 0.319. The first kappa shape index (κ1) is 15.3. The molecular weight excluding hydrogens is 324 g/mol. The monoisotopic (exact) mass is 344 g/mol. The molecular formula is C13H21BrN4O2. The van der Waals surface area contributed by atoms with Crippen molar-refractivity contribution in [3.8, 4) is 0 Å². The summed E-state index contributed by atoms with van der Waals surface area (Å²) in [6.07, 6.45) is 1.07. The highest BCUT2D eigenvalue weighted by Gasteiger charge is 2.27. The number of carbonyl (C=O) groups excluding carboxylic acids is 1. The van der Waals surface area contributed by atoms with Crippen molar-refractivity contribution in [2.45, 2.75) is 13.3 Å². The molecule has 1 saturated heterocycles. The van der Waals surface area contributed by atoms with E-state index >= 15 is 0 Å². The summed E-state index contributed by atoms with van der Waals surface area (Å²) in [4.78, 5) is 16.7. The van der Waals surface area contributed by atoms with Gasteiger partial charge in [0.1, 0.15) is 16.0 Å². The van der Waals surface area contributed by atoms with Gasteiger partial charge in [-0.05, 0) is 42.9 Å². The normalized spacial score (nSPS) is 17.1. The Hall–Kier alpha value is -1.08. The summed E-state index contributed by atoms with van der Waals surface area (Å²) < 4.78 is 7.45. The van der Waals surface area contributed by atoms with Crippen LogP contribution in [0.25, 0.3) is 0 Å². The molecule has 1 aliphatic rings. The van der Waals surface area contributed by atoms with E-state index in [1.54, 1.807) is 4.68 Å². The summed E-state index contributed by atoms with van der Waals surface area (Å²) in [6.45, 7) is 6.03. The number of anilines is 1. The van der Waals surface area contributed by atoms with Gasteiger partial charge < -0.3 is 14.5 Å². The molecule has 2 heterocycles. The fourth-order valence-corrected chi connectivity index (χ4v) is 3.06. The van der Waals surface area contributed by atoms with Gasteiger partial charge in [-0.1, -0.05) is 0 Å². The van der Waals surface area contributed by atoms with Crippen LogP contribution < -0.4 is 4.90 Å². The first-order valence-corrected chi connectivity index (χ1v) is 7.67. The van der Waals surface area contributed by atoms with Gasteiger partial charge in [0.25, 0.3) is 0 Å². The van der Waals surface area contributed by atoms with E-state index < -0.39 is 0 Å². The van der Waals surface area contributed by atoms with Crippen molar-refractivity contribution >= 4 is 27.7 Å². The smallest absolute Gasteiger partial charge is 0.344 e. The second-order valence-electron chi connectivity index (χ2n) is 4.98. The van der Waals surface area contributed by atoms with Crippen LogP contribution in [0, 0.1) is 0 Å². The van der Waals surface area contributed by atoms with Gasteiger partial charge in [-0.3, -0.25) is 4.68 Å². The molecule has 0 N–H and O–H groups in total. The average molecular weight is 345 g/mol. The lowest BCUT2D eigenvalue weighted by Gasteiger charge is -2.23. The topological polar surface area (TPSA) is 50.6 Å². The maximum absolute atomic E-state index is 12.1. The van der Waals surface area contributed by atoms with E-state index in [1.165, 1.54) is 0 Å². The minimum Gasteiger partial charge on any atom is -0.462 e. The molecule has 1 aromatic rings. The van der Waals surface area contributed by atoms with Gasteiger partial charge in [-0.2, -0.15) is 5.10 Å². The summed E-state index contributed by atoms with van der Waals surface area (Å²) in [5, 5.41) is 4.32. The lowest BCUT2D eigenvalue weighted by atomic mass is 10.3. The summed E-state index contributed by atoms with van der Waals surface area (Å²) >= 11 is 3.37. The van der Waals surface area contributed by atoms with Crippen molar-refractivity contribution in [2.75, 3.05) is 44.7 Å². The Morgan fingerprint density at radius 1 is 1.30 bits per heavy atom. The van der Waals surface area contributed by atoms with Crippen LogP contribution in [0.3, 0.4) is 0 Å². The molecule has 0 spiro atoms. The quantitative estimate of drug-likeness (QED) is 0.777. The zero-order chi connectivity index (χ0) is 14.7. The molecule has 0 radical (unpaired) electrons. The number of nitrogens with zero attached hydrogens (tertiary/aromatic N) is 4. The van der Waals surface area contributed by atoms with Gasteiger partial charge in [0.2, 0.25) is 0 Å². The molecule has 0 atom stereocenters. The van der Waals surface area contributed by atoms with Gasteiger partial charge in [0.05, 0.1) is 6.61 Å². The number of rotatable bonds is 3. The SMILES string of the molecule is CCOC(=O)c1c(Br)nn(C)c1N1CCCN(C)CC1. The number of halogens is 1. The molecule has 0 saturated carbocycles. The number of esters is 1. The van der Waals surface area contributed by atoms with E-state index in [4.69, 9.17) is 4.74 Å². The fraction of sp³-hybridized carbons (Fsp3) is 0.692. The molecule has 0 amide bonds. The standard InChI is InChI=1S/C13H21BrN4O2/c1-4-20-13(19)10-11(14)15-17(3)12(10)18-7-5-6-16(2)8-9-18/h4-9H2,1-3H3. The zero-order valence-corrected chi connectivity index (χ0v) is 13.8. The molecule has 0 unspecified atom stereocenters. The van der Waals surface area contributed by atoms with Crippen LogP contribution in [0.4, 0.5) is 5.82 Å². The van der Waals surface area contributed by atoms with Crippen LogP contribution in [0.5, 0.6) is 0 Å². The Morgan fingerprint density at radius 3 is 2.75 bits per heavy atom. The van der Waals surface area contributed by atoms with Crippen LogP contribution in [0.15, 0.2) is 4.60 Å². The molecule has 2 rings (SSSR count). The summed E-state index contributed by atoms with van der Waals surface area (Å²) in [6, 6.07) is 0. The van der Waals surface area contributed by atoms with Gasteiger partial charge in [-0.25, -0.2) is 4.79 Å². The average Bonchev–Trinajstić information content (AvgIpc) is 2.56. The molecule has 1 aliphatic heterocycles. The molecule has 1 aromatic heterocycles.